The van der Waals surface area contributed by atoms with Gasteiger partial charge in [0.15, 0.2) is 0 Å². The minimum absolute atomic E-state index is 0.0492. The Labute approximate surface area is 379 Å². The summed E-state index contributed by atoms with van der Waals surface area (Å²) in [4.78, 5) is 47.7. The highest BCUT2D eigenvalue weighted by Gasteiger charge is 2.19. The number of esters is 1. The van der Waals surface area contributed by atoms with Crippen LogP contribution in [0.2, 0.25) is 0 Å². The van der Waals surface area contributed by atoms with Gasteiger partial charge in [0.05, 0.1) is 13.2 Å². The maximum absolute atomic E-state index is 12.9. The Hall–Kier alpha value is -3.46. The third-order valence-corrected chi connectivity index (χ3v) is 11.0. The first-order valence-electron chi connectivity index (χ1n) is 25.2. The van der Waals surface area contributed by atoms with Gasteiger partial charge in [-0.15, -0.1) is 0 Å². The van der Waals surface area contributed by atoms with E-state index in [2.05, 4.69) is 85.2 Å². The fraction of sp³-hybridized carbons (Fsp3) is 0.736. The monoisotopic (exact) mass is 869 g/mol. The molecule has 4 N–H and O–H groups in total. The highest BCUT2D eigenvalue weighted by molar-refractivity contribution is 5.87. The van der Waals surface area contributed by atoms with Crippen molar-refractivity contribution in [2.24, 2.45) is 0 Å². The van der Waals surface area contributed by atoms with Crippen molar-refractivity contribution in [2.45, 2.75) is 238 Å². The van der Waals surface area contributed by atoms with Gasteiger partial charge in [-0.2, -0.15) is 0 Å². The summed E-state index contributed by atoms with van der Waals surface area (Å²) >= 11 is 0. The number of allylic oxidation sites excluding steroid dienone is 10. The summed E-state index contributed by atoms with van der Waals surface area (Å²) in [5.74, 6) is -2.32. The van der Waals surface area contributed by atoms with Gasteiger partial charge in [0.25, 0.3) is 0 Å². The first kappa shape index (κ1) is 58.5. The maximum Gasteiger partial charge on any atom is 0.328 e. The van der Waals surface area contributed by atoms with Gasteiger partial charge in [-0.3, -0.25) is 14.4 Å². The van der Waals surface area contributed by atoms with E-state index in [9.17, 15) is 19.2 Å². The van der Waals surface area contributed by atoms with Crippen LogP contribution in [0.1, 0.15) is 226 Å². The largest absolute Gasteiger partial charge is 0.480 e. The molecule has 2 amide bonds. The maximum atomic E-state index is 12.9. The number of carbonyl (C=O) groups is 4. The van der Waals surface area contributed by atoms with E-state index in [1.165, 1.54) is 96.3 Å². The highest BCUT2D eigenvalue weighted by atomic mass is 16.5. The number of aliphatic carboxylic acids is 1. The number of nitrogens with one attached hydrogen (secondary N) is 2. The molecule has 0 aromatic heterocycles. The number of hydrogen-bond acceptors (Lipinski definition) is 6. The molecule has 0 bridgehead atoms. The summed E-state index contributed by atoms with van der Waals surface area (Å²) < 4.78 is 6.04. The van der Waals surface area contributed by atoms with Crippen LogP contribution in [0.4, 0.5) is 0 Å². The summed E-state index contributed by atoms with van der Waals surface area (Å²) in [5, 5.41) is 22.6. The van der Waals surface area contributed by atoms with E-state index >= 15 is 0 Å². The molecule has 0 aliphatic heterocycles. The van der Waals surface area contributed by atoms with E-state index < -0.39 is 24.5 Å². The summed E-state index contributed by atoms with van der Waals surface area (Å²) in [6.07, 6.45) is 58.3. The molecule has 62 heavy (non-hydrogen) atoms. The van der Waals surface area contributed by atoms with Crippen molar-refractivity contribution in [1.82, 2.24) is 10.6 Å². The molecule has 0 radical (unpaired) electrons. The lowest BCUT2D eigenvalue weighted by molar-refractivity contribution is -0.150. The van der Waals surface area contributed by atoms with Crippen LogP contribution in [0.15, 0.2) is 60.8 Å². The summed E-state index contributed by atoms with van der Waals surface area (Å²) in [6, 6.07) is -1.39. The van der Waals surface area contributed by atoms with Crippen molar-refractivity contribution < 1.29 is 34.1 Å². The van der Waals surface area contributed by atoms with Crippen LogP contribution in [0.5, 0.6) is 0 Å². The number of rotatable bonds is 45. The molecule has 2 atom stereocenters. The zero-order valence-electron chi connectivity index (χ0n) is 39.6. The molecule has 9 nitrogen and oxygen atoms in total. The molecule has 0 spiro atoms. The number of amides is 2. The molecular weight excluding hydrogens is 777 g/mol. The number of aliphatic hydroxyl groups excluding tert-OH is 1. The lowest BCUT2D eigenvalue weighted by atomic mass is 10.0. The number of aliphatic hydroxyl groups is 1. The molecule has 0 saturated heterocycles. The van der Waals surface area contributed by atoms with Crippen LogP contribution < -0.4 is 10.6 Å². The Morgan fingerprint density at radius 3 is 1.47 bits per heavy atom. The zero-order valence-corrected chi connectivity index (χ0v) is 39.6. The van der Waals surface area contributed by atoms with E-state index in [-0.39, 0.29) is 30.9 Å². The molecule has 9 heteroatoms. The van der Waals surface area contributed by atoms with Gasteiger partial charge in [0.2, 0.25) is 11.8 Å². The van der Waals surface area contributed by atoms with E-state index in [1.807, 2.05) is 0 Å². The van der Waals surface area contributed by atoms with Crippen LogP contribution in [-0.4, -0.2) is 59.3 Å². The quantitative estimate of drug-likeness (QED) is 0.0271. The molecule has 0 fully saturated rings. The van der Waals surface area contributed by atoms with Crippen molar-refractivity contribution in [2.75, 3.05) is 13.2 Å². The topological polar surface area (TPSA) is 142 Å². The van der Waals surface area contributed by atoms with E-state index in [0.29, 0.717) is 12.8 Å². The van der Waals surface area contributed by atoms with E-state index in [4.69, 9.17) is 14.9 Å². The zero-order chi connectivity index (χ0) is 45.4. The lowest BCUT2D eigenvalue weighted by Gasteiger charge is -2.18. The van der Waals surface area contributed by atoms with Crippen molar-refractivity contribution in [3.05, 3.63) is 60.8 Å². The van der Waals surface area contributed by atoms with Crippen molar-refractivity contribution in [3.63, 3.8) is 0 Å². The molecule has 0 aromatic carbocycles. The second kappa shape index (κ2) is 47.0. The smallest absolute Gasteiger partial charge is 0.328 e. The third-order valence-electron chi connectivity index (χ3n) is 11.0. The standard InChI is InChI=1S/C53H92N2O7/c1-3-5-7-9-11-13-15-16-17-18-19-20-21-22-23-24-25-26-28-30-32-37-41-45-52(59)62-48(42-38-34-31-29-27-14-12-10-8-6-4-2)43-39-35-33-36-40-44-50(57)54-46-51(58)55-49(47-56)53(60)61/h5,7,11,13,16-17,19-20,29,31,48-49,56H,3-4,6,8-10,12,14-15,18,21-28,30,32-47H2,1-2H3,(H,54,57)(H,55,58)(H,60,61)/b7-5-,13-11-,17-16-,20-19-,31-29-. The molecular formula is C53H92N2O7. The average molecular weight is 869 g/mol. The molecule has 0 aliphatic rings. The van der Waals surface area contributed by atoms with E-state index in [1.54, 1.807) is 0 Å². The van der Waals surface area contributed by atoms with Crippen LogP contribution in [0.25, 0.3) is 0 Å². The van der Waals surface area contributed by atoms with Gasteiger partial charge in [0, 0.05) is 12.8 Å². The fourth-order valence-corrected chi connectivity index (χ4v) is 7.18. The highest BCUT2D eigenvalue weighted by Crippen LogP contribution is 2.18. The Balaban J connectivity index is 4.23. The van der Waals surface area contributed by atoms with Crippen LogP contribution in [-0.2, 0) is 23.9 Å². The average Bonchev–Trinajstić information content (AvgIpc) is 3.26. The Kier molecular flexibility index (Phi) is 44.4. The van der Waals surface area contributed by atoms with Crippen molar-refractivity contribution in [1.29, 1.82) is 0 Å². The SMILES string of the molecule is CC/C=C\C/C=C\C/C=C\C/C=C\CCCCCCCCCCCCC(=O)OC(CCC/C=C\CCCCCCCC)CCCCCCCC(=O)NCC(=O)NC(CO)C(=O)O. The summed E-state index contributed by atoms with van der Waals surface area (Å²) in [6.45, 7) is 3.37. The normalized spacial score (nSPS) is 13.0. The van der Waals surface area contributed by atoms with Crippen LogP contribution >= 0.6 is 0 Å². The fourth-order valence-electron chi connectivity index (χ4n) is 7.18. The van der Waals surface area contributed by atoms with Crippen molar-refractivity contribution >= 4 is 23.8 Å². The predicted molar refractivity (Wildman–Crippen MR) is 259 cm³/mol. The first-order chi connectivity index (χ1) is 30.3. The predicted octanol–water partition coefficient (Wildman–Crippen LogP) is 13.3. The lowest BCUT2D eigenvalue weighted by Crippen LogP contribution is -2.47. The Morgan fingerprint density at radius 1 is 0.500 bits per heavy atom. The molecule has 0 rings (SSSR count). The van der Waals surface area contributed by atoms with Gasteiger partial charge in [-0.25, -0.2) is 4.79 Å². The second-order valence-corrected chi connectivity index (χ2v) is 16.9. The molecule has 0 aromatic rings. The Morgan fingerprint density at radius 2 is 0.935 bits per heavy atom. The first-order valence-corrected chi connectivity index (χ1v) is 25.2. The Bertz CT molecular complexity index is 1220. The van der Waals surface area contributed by atoms with Crippen LogP contribution in [0, 0.1) is 0 Å². The number of unbranched alkanes of at least 4 members (excludes halogenated alkanes) is 21. The van der Waals surface area contributed by atoms with Gasteiger partial charge in [-0.1, -0.05) is 177 Å². The molecule has 0 saturated carbocycles. The minimum atomic E-state index is -1.39. The van der Waals surface area contributed by atoms with Gasteiger partial charge in [0.1, 0.15) is 12.1 Å². The van der Waals surface area contributed by atoms with Crippen molar-refractivity contribution in [3.8, 4) is 0 Å². The number of ether oxygens (including phenoxy) is 1. The van der Waals surface area contributed by atoms with E-state index in [0.717, 1.165) is 96.3 Å². The number of hydrogen-bond donors (Lipinski definition) is 4. The molecule has 0 heterocycles. The number of carboxylic acid groups (broad SMARTS) is 1. The molecule has 0 aliphatic carbocycles. The minimum Gasteiger partial charge on any atom is -0.480 e. The summed E-state index contributed by atoms with van der Waals surface area (Å²) in [7, 11) is 0. The summed E-state index contributed by atoms with van der Waals surface area (Å²) in [5.41, 5.74) is 0. The van der Waals surface area contributed by atoms with Gasteiger partial charge < -0.3 is 25.6 Å². The van der Waals surface area contributed by atoms with Crippen LogP contribution in [0.3, 0.4) is 0 Å². The number of carboxylic acids is 1. The van der Waals surface area contributed by atoms with Gasteiger partial charge >= 0.3 is 11.9 Å². The number of carbonyl (C=O) groups excluding carboxylic acids is 3. The second-order valence-electron chi connectivity index (χ2n) is 16.9. The van der Waals surface area contributed by atoms with Gasteiger partial charge in [-0.05, 0) is 96.3 Å². The molecule has 356 valence electrons. The molecule has 2 unspecified atom stereocenters. The third kappa shape index (κ3) is 43.2.